The predicted octanol–water partition coefficient (Wildman–Crippen LogP) is 2.79. The molecule has 4 heteroatoms. The Bertz CT molecular complexity index is 545. The van der Waals surface area contributed by atoms with Crippen LogP contribution < -0.4 is 11.1 Å². The summed E-state index contributed by atoms with van der Waals surface area (Å²) in [5, 5.41) is 2.94. The van der Waals surface area contributed by atoms with Gasteiger partial charge in [-0.3, -0.25) is 4.79 Å². The molecule has 0 aliphatic carbocycles. The first-order chi connectivity index (χ1) is 9.72. The van der Waals surface area contributed by atoms with E-state index in [4.69, 9.17) is 5.73 Å². The van der Waals surface area contributed by atoms with E-state index in [1.807, 2.05) is 53.4 Å². The third kappa shape index (κ3) is 3.71. The van der Waals surface area contributed by atoms with Crippen LogP contribution in [0.1, 0.15) is 19.8 Å². The SMILES string of the molecule is CCC(CN)CC(=O)Nc1cccc(-n2cccc2)c1. The molecule has 0 spiro atoms. The highest BCUT2D eigenvalue weighted by Crippen LogP contribution is 2.16. The summed E-state index contributed by atoms with van der Waals surface area (Å²) in [6.45, 7) is 2.60. The summed E-state index contributed by atoms with van der Waals surface area (Å²) in [4.78, 5) is 12.0. The molecule has 106 valence electrons. The molecule has 0 saturated carbocycles. The quantitative estimate of drug-likeness (QED) is 0.848. The van der Waals surface area contributed by atoms with Gasteiger partial charge in [-0.05, 0) is 42.8 Å². The monoisotopic (exact) mass is 271 g/mol. The second-order valence-corrected chi connectivity index (χ2v) is 4.90. The fourth-order valence-electron chi connectivity index (χ4n) is 2.12. The molecule has 1 atom stereocenters. The van der Waals surface area contributed by atoms with Gasteiger partial charge in [-0.25, -0.2) is 0 Å². The number of hydrogen-bond acceptors (Lipinski definition) is 2. The highest BCUT2D eigenvalue weighted by Gasteiger charge is 2.10. The Morgan fingerprint density at radius 1 is 1.30 bits per heavy atom. The summed E-state index contributed by atoms with van der Waals surface area (Å²) in [6.07, 6.45) is 5.35. The summed E-state index contributed by atoms with van der Waals surface area (Å²) in [7, 11) is 0. The smallest absolute Gasteiger partial charge is 0.224 e. The second-order valence-electron chi connectivity index (χ2n) is 4.90. The van der Waals surface area contributed by atoms with Crippen LogP contribution in [0.2, 0.25) is 0 Å². The lowest BCUT2D eigenvalue weighted by molar-refractivity contribution is -0.117. The van der Waals surface area contributed by atoms with E-state index in [2.05, 4.69) is 12.2 Å². The molecule has 1 aromatic heterocycles. The molecular weight excluding hydrogens is 250 g/mol. The molecule has 4 nitrogen and oxygen atoms in total. The van der Waals surface area contributed by atoms with Gasteiger partial charge in [-0.2, -0.15) is 0 Å². The zero-order valence-corrected chi connectivity index (χ0v) is 11.8. The fourth-order valence-corrected chi connectivity index (χ4v) is 2.12. The molecule has 0 saturated heterocycles. The van der Waals surface area contributed by atoms with Crippen LogP contribution in [0.5, 0.6) is 0 Å². The number of benzene rings is 1. The Labute approximate surface area is 119 Å². The van der Waals surface area contributed by atoms with Crippen molar-refractivity contribution in [3.05, 3.63) is 48.8 Å². The van der Waals surface area contributed by atoms with Crippen LogP contribution in [-0.4, -0.2) is 17.0 Å². The molecule has 20 heavy (non-hydrogen) atoms. The predicted molar refractivity (Wildman–Crippen MR) is 81.9 cm³/mol. The molecule has 0 bridgehead atoms. The number of nitrogens with one attached hydrogen (secondary N) is 1. The number of carbonyl (C=O) groups excluding carboxylic acids is 1. The number of nitrogens with two attached hydrogens (primary N) is 1. The fraction of sp³-hybridized carbons (Fsp3) is 0.312. The highest BCUT2D eigenvalue weighted by atomic mass is 16.1. The maximum atomic E-state index is 12.0. The Morgan fingerprint density at radius 3 is 2.70 bits per heavy atom. The normalized spacial score (nSPS) is 12.1. The van der Waals surface area contributed by atoms with E-state index >= 15 is 0 Å². The van der Waals surface area contributed by atoms with Gasteiger partial charge in [-0.15, -0.1) is 0 Å². The molecule has 3 N–H and O–H groups in total. The molecule has 0 aliphatic rings. The van der Waals surface area contributed by atoms with Gasteiger partial charge in [0, 0.05) is 30.2 Å². The first-order valence-electron chi connectivity index (χ1n) is 6.96. The minimum Gasteiger partial charge on any atom is -0.330 e. The van der Waals surface area contributed by atoms with Crippen molar-refractivity contribution in [3.63, 3.8) is 0 Å². The first-order valence-corrected chi connectivity index (χ1v) is 6.96. The number of carbonyl (C=O) groups is 1. The molecule has 1 amide bonds. The summed E-state index contributed by atoms with van der Waals surface area (Å²) in [5.74, 6) is 0.273. The minimum atomic E-state index is 0.0203. The number of anilines is 1. The number of nitrogens with zero attached hydrogens (tertiary/aromatic N) is 1. The van der Waals surface area contributed by atoms with Crippen molar-refractivity contribution >= 4 is 11.6 Å². The van der Waals surface area contributed by atoms with Gasteiger partial charge in [0.25, 0.3) is 0 Å². The molecule has 1 unspecified atom stereocenters. The molecular formula is C16H21N3O. The lowest BCUT2D eigenvalue weighted by Crippen LogP contribution is -2.21. The molecule has 2 rings (SSSR count). The third-order valence-electron chi connectivity index (χ3n) is 3.42. The molecule has 0 radical (unpaired) electrons. The molecule has 1 heterocycles. The van der Waals surface area contributed by atoms with Gasteiger partial charge in [0.15, 0.2) is 0 Å². The number of aromatic nitrogens is 1. The summed E-state index contributed by atoms with van der Waals surface area (Å²) in [5.41, 5.74) is 7.47. The summed E-state index contributed by atoms with van der Waals surface area (Å²) >= 11 is 0. The summed E-state index contributed by atoms with van der Waals surface area (Å²) < 4.78 is 2.00. The lowest BCUT2D eigenvalue weighted by Gasteiger charge is -2.12. The van der Waals surface area contributed by atoms with E-state index in [1.165, 1.54) is 0 Å². The summed E-state index contributed by atoms with van der Waals surface area (Å²) in [6, 6.07) is 11.7. The van der Waals surface area contributed by atoms with E-state index < -0.39 is 0 Å². The Balaban J connectivity index is 2.03. The van der Waals surface area contributed by atoms with Crippen LogP contribution >= 0.6 is 0 Å². The van der Waals surface area contributed by atoms with E-state index in [-0.39, 0.29) is 11.8 Å². The van der Waals surface area contributed by atoms with Gasteiger partial charge in [-0.1, -0.05) is 19.4 Å². The average molecular weight is 271 g/mol. The van der Waals surface area contributed by atoms with Crippen molar-refractivity contribution in [2.24, 2.45) is 11.7 Å². The third-order valence-corrected chi connectivity index (χ3v) is 3.42. The van der Waals surface area contributed by atoms with Gasteiger partial charge < -0.3 is 15.6 Å². The van der Waals surface area contributed by atoms with Crippen LogP contribution in [-0.2, 0) is 4.79 Å². The van der Waals surface area contributed by atoms with E-state index in [1.54, 1.807) is 0 Å². The molecule has 1 aromatic carbocycles. The maximum absolute atomic E-state index is 12.0. The lowest BCUT2D eigenvalue weighted by atomic mass is 10.0. The first kappa shape index (κ1) is 14.3. The Hall–Kier alpha value is -2.07. The van der Waals surface area contributed by atoms with E-state index in [0.717, 1.165) is 17.8 Å². The van der Waals surface area contributed by atoms with Crippen LogP contribution in [0, 0.1) is 5.92 Å². The van der Waals surface area contributed by atoms with Crippen molar-refractivity contribution in [1.29, 1.82) is 0 Å². The van der Waals surface area contributed by atoms with Crippen LogP contribution in [0.15, 0.2) is 48.8 Å². The molecule has 0 aliphatic heterocycles. The van der Waals surface area contributed by atoms with Crippen molar-refractivity contribution in [3.8, 4) is 5.69 Å². The maximum Gasteiger partial charge on any atom is 0.224 e. The number of rotatable bonds is 6. The highest BCUT2D eigenvalue weighted by molar-refractivity contribution is 5.91. The molecule has 2 aromatic rings. The Kier molecular flexibility index (Phi) is 4.96. The van der Waals surface area contributed by atoms with E-state index in [0.29, 0.717) is 13.0 Å². The second kappa shape index (κ2) is 6.91. The van der Waals surface area contributed by atoms with Crippen molar-refractivity contribution < 1.29 is 4.79 Å². The van der Waals surface area contributed by atoms with Crippen molar-refractivity contribution in [2.45, 2.75) is 19.8 Å². The van der Waals surface area contributed by atoms with Gasteiger partial charge in [0.2, 0.25) is 5.91 Å². The minimum absolute atomic E-state index is 0.0203. The number of hydrogen-bond donors (Lipinski definition) is 2. The van der Waals surface area contributed by atoms with Crippen molar-refractivity contribution in [1.82, 2.24) is 4.57 Å². The average Bonchev–Trinajstić information content (AvgIpc) is 2.99. The largest absolute Gasteiger partial charge is 0.330 e. The zero-order valence-electron chi connectivity index (χ0n) is 11.8. The topological polar surface area (TPSA) is 60.1 Å². The van der Waals surface area contributed by atoms with Gasteiger partial charge in [0.1, 0.15) is 0 Å². The standard InChI is InChI=1S/C16H21N3O/c1-2-13(12-17)10-16(20)18-14-6-5-7-15(11-14)19-8-3-4-9-19/h3-9,11,13H,2,10,12,17H2,1H3,(H,18,20). The number of amides is 1. The van der Waals surface area contributed by atoms with Crippen molar-refractivity contribution in [2.75, 3.05) is 11.9 Å². The van der Waals surface area contributed by atoms with Crippen LogP contribution in [0.4, 0.5) is 5.69 Å². The van der Waals surface area contributed by atoms with E-state index in [9.17, 15) is 4.79 Å². The molecule has 0 fully saturated rings. The zero-order chi connectivity index (χ0) is 14.4. The van der Waals surface area contributed by atoms with Gasteiger partial charge in [0.05, 0.1) is 0 Å². The Morgan fingerprint density at radius 2 is 2.05 bits per heavy atom. The van der Waals surface area contributed by atoms with Crippen LogP contribution in [0.3, 0.4) is 0 Å². The van der Waals surface area contributed by atoms with Gasteiger partial charge >= 0.3 is 0 Å². The van der Waals surface area contributed by atoms with Crippen LogP contribution in [0.25, 0.3) is 5.69 Å².